The molecule has 0 aromatic heterocycles. The fourth-order valence-electron chi connectivity index (χ4n) is 2.62. The van der Waals surface area contributed by atoms with E-state index >= 15 is 0 Å². The molecule has 0 spiro atoms. The largest absolute Gasteiger partial charge is 0.487 e. The van der Waals surface area contributed by atoms with Gasteiger partial charge in [0.2, 0.25) is 0 Å². The maximum Gasteiger partial charge on any atom is 0.303 e. The number of benzene rings is 2. The van der Waals surface area contributed by atoms with Gasteiger partial charge in [-0.2, -0.15) is 0 Å². The van der Waals surface area contributed by atoms with E-state index in [1.54, 1.807) is 12.1 Å². The number of carbonyl (C=O) groups excluding carboxylic acids is 1. The number of carbonyl (C=O) groups is 1. The van der Waals surface area contributed by atoms with E-state index in [1.165, 1.54) is 6.92 Å². The van der Waals surface area contributed by atoms with Gasteiger partial charge in [0.1, 0.15) is 26.4 Å². The molecule has 0 aliphatic carbocycles. The standard InChI is InChI=1S/C21H24O7/c1-16(22)28-17-14-26-20-8-4-2-6-18(20)24-12-10-23-11-13-25-19-7-3-5-9-21(19)27-15-17/h2-9,17H,10-15H2,1H3. The molecule has 7 heteroatoms. The van der Waals surface area contributed by atoms with Gasteiger partial charge in [0.15, 0.2) is 29.1 Å². The molecule has 0 saturated heterocycles. The Hall–Kier alpha value is -2.93. The molecule has 0 radical (unpaired) electrons. The normalized spacial score (nSPS) is 16.2. The van der Waals surface area contributed by atoms with Gasteiger partial charge < -0.3 is 28.4 Å². The smallest absolute Gasteiger partial charge is 0.303 e. The van der Waals surface area contributed by atoms with Crippen molar-refractivity contribution in [3.05, 3.63) is 48.5 Å². The van der Waals surface area contributed by atoms with Crippen LogP contribution in [-0.2, 0) is 14.3 Å². The zero-order valence-corrected chi connectivity index (χ0v) is 15.8. The van der Waals surface area contributed by atoms with Crippen molar-refractivity contribution in [1.29, 1.82) is 0 Å². The third kappa shape index (κ3) is 6.06. The first kappa shape index (κ1) is 19.8. The third-order valence-electron chi connectivity index (χ3n) is 3.85. The molecule has 0 bridgehead atoms. The Morgan fingerprint density at radius 3 is 1.61 bits per heavy atom. The third-order valence-corrected chi connectivity index (χ3v) is 3.85. The van der Waals surface area contributed by atoms with E-state index in [1.807, 2.05) is 36.4 Å². The number of hydrogen-bond donors (Lipinski definition) is 0. The summed E-state index contributed by atoms with van der Waals surface area (Å²) in [5.41, 5.74) is 0. The van der Waals surface area contributed by atoms with Crippen molar-refractivity contribution in [2.24, 2.45) is 0 Å². The number of fused-ring (bicyclic) bond motifs is 2. The minimum atomic E-state index is -0.588. The molecule has 0 unspecified atom stereocenters. The van der Waals surface area contributed by atoms with Crippen LogP contribution in [0.5, 0.6) is 23.0 Å². The van der Waals surface area contributed by atoms with Crippen molar-refractivity contribution < 1.29 is 33.2 Å². The number of rotatable bonds is 1. The highest BCUT2D eigenvalue weighted by molar-refractivity contribution is 5.66. The lowest BCUT2D eigenvalue weighted by Crippen LogP contribution is -2.30. The SMILES string of the molecule is CC(=O)OC1COc2ccccc2OCCOCCOc2ccccc2OC1. The van der Waals surface area contributed by atoms with Crippen LogP contribution >= 0.6 is 0 Å². The van der Waals surface area contributed by atoms with Crippen molar-refractivity contribution in [2.45, 2.75) is 13.0 Å². The molecular weight excluding hydrogens is 364 g/mol. The summed E-state index contributed by atoms with van der Waals surface area (Å²) < 4.78 is 34.0. The van der Waals surface area contributed by atoms with Crippen LogP contribution in [0.15, 0.2) is 48.5 Å². The van der Waals surface area contributed by atoms with Gasteiger partial charge in [0.25, 0.3) is 0 Å². The highest BCUT2D eigenvalue weighted by Gasteiger charge is 2.17. The van der Waals surface area contributed by atoms with Gasteiger partial charge in [-0.25, -0.2) is 0 Å². The molecular formula is C21H24O7. The summed E-state index contributed by atoms with van der Waals surface area (Å²) in [6.07, 6.45) is -0.588. The minimum Gasteiger partial charge on any atom is -0.487 e. The van der Waals surface area contributed by atoms with Crippen LogP contribution in [-0.4, -0.2) is 51.7 Å². The fraction of sp³-hybridized carbons (Fsp3) is 0.381. The van der Waals surface area contributed by atoms with E-state index in [0.29, 0.717) is 49.4 Å². The minimum absolute atomic E-state index is 0.124. The summed E-state index contributed by atoms with van der Waals surface area (Å²) in [6, 6.07) is 14.6. The van der Waals surface area contributed by atoms with Gasteiger partial charge in [0, 0.05) is 6.92 Å². The van der Waals surface area contributed by atoms with Gasteiger partial charge in [-0.15, -0.1) is 0 Å². The number of hydrogen-bond acceptors (Lipinski definition) is 7. The van der Waals surface area contributed by atoms with E-state index in [2.05, 4.69) is 0 Å². The Labute approximate surface area is 164 Å². The molecule has 7 nitrogen and oxygen atoms in total. The second kappa shape index (κ2) is 10.4. The Kier molecular flexibility index (Phi) is 7.37. The number of para-hydroxylation sites is 4. The van der Waals surface area contributed by atoms with Crippen LogP contribution in [0.1, 0.15) is 6.92 Å². The van der Waals surface area contributed by atoms with Crippen LogP contribution in [0.25, 0.3) is 0 Å². The Balaban J connectivity index is 1.75. The van der Waals surface area contributed by atoms with Crippen LogP contribution < -0.4 is 18.9 Å². The molecule has 0 saturated carbocycles. The highest BCUT2D eigenvalue weighted by Crippen LogP contribution is 2.28. The van der Waals surface area contributed by atoms with Gasteiger partial charge in [-0.05, 0) is 24.3 Å². The molecule has 1 aliphatic rings. The van der Waals surface area contributed by atoms with Crippen molar-refractivity contribution in [1.82, 2.24) is 0 Å². The zero-order chi connectivity index (χ0) is 19.6. The van der Waals surface area contributed by atoms with E-state index in [-0.39, 0.29) is 13.2 Å². The predicted octanol–water partition coefficient (Wildman–Crippen LogP) is 2.86. The highest BCUT2D eigenvalue weighted by atomic mass is 16.6. The lowest BCUT2D eigenvalue weighted by Gasteiger charge is -2.21. The summed E-state index contributed by atoms with van der Waals surface area (Å²) >= 11 is 0. The molecule has 0 atom stereocenters. The summed E-state index contributed by atoms with van der Waals surface area (Å²) in [5, 5.41) is 0. The van der Waals surface area contributed by atoms with Crippen LogP contribution in [0.4, 0.5) is 0 Å². The van der Waals surface area contributed by atoms with Gasteiger partial charge in [-0.3, -0.25) is 4.79 Å². The predicted molar refractivity (Wildman–Crippen MR) is 101 cm³/mol. The van der Waals surface area contributed by atoms with Gasteiger partial charge in [-0.1, -0.05) is 24.3 Å². The number of esters is 1. The lowest BCUT2D eigenvalue weighted by atomic mass is 10.3. The average molecular weight is 388 g/mol. The maximum absolute atomic E-state index is 11.5. The van der Waals surface area contributed by atoms with Crippen molar-refractivity contribution >= 4 is 5.97 Å². The molecule has 0 N–H and O–H groups in total. The molecule has 28 heavy (non-hydrogen) atoms. The van der Waals surface area contributed by atoms with Crippen molar-refractivity contribution in [3.8, 4) is 23.0 Å². The molecule has 0 amide bonds. The van der Waals surface area contributed by atoms with Crippen molar-refractivity contribution in [2.75, 3.05) is 39.6 Å². The molecule has 2 aromatic rings. The summed E-state index contributed by atoms with van der Waals surface area (Å²) in [5.74, 6) is 1.92. The lowest BCUT2D eigenvalue weighted by molar-refractivity contribution is -0.149. The van der Waals surface area contributed by atoms with E-state index < -0.39 is 12.1 Å². The molecule has 3 rings (SSSR count). The summed E-state index contributed by atoms with van der Waals surface area (Å²) in [4.78, 5) is 11.5. The first-order valence-corrected chi connectivity index (χ1v) is 9.16. The second-order valence-corrected chi connectivity index (χ2v) is 6.06. The van der Waals surface area contributed by atoms with Crippen molar-refractivity contribution in [3.63, 3.8) is 0 Å². The second-order valence-electron chi connectivity index (χ2n) is 6.06. The molecule has 1 aliphatic heterocycles. The van der Waals surface area contributed by atoms with Crippen LogP contribution in [0.2, 0.25) is 0 Å². The Bertz CT molecular complexity index is 706. The van der Waals surface area contributed by atoms with Gasteiger partial charge in [0.05, 0.1) is 13.2 Å². The topological polar surface area (TPSA) is 72.5 Å². The average Bonchev–Trinajstić information content (AvgIpc) is 2.69. The maximum atomic E-state index is 11.5. The zero-order valence-electron chi connectivity index (χ0n) is 15.8. The quantitative estimate of drug-likeness (QED) is 0.696. The Morgan fingerprint density at radius 2 is 1.18 bits per heavy atom. The van der Waals surface area contributed by atoms with Gasteiger partial charge >= 0.3 is 5.97 Å². The fourth-order valence-corrected chi connectivity index (χ4v) is 2.62. The monoisotopic (exact) mass is 388 g/mol. The summed E-state index contributed by atoms with van der Waals surface area (Å²) in [7, 11) is 0. The molecule has 1 heterocycles. The van der Waals surface area contributed by atoms with Crippen LogP contribution in [0, 0.1) is 0 Å². The van der Waals surface area contributed by atoms with Crippen LogP contribution in [0.3, 0.4) is 0 Å². The van der Waals surface area contributed by atoms with E-state index in [0.717, 1.165) is 0 Å². The Morgan fingerprint density at radius 1 is 0.750 bits per heavy atom. The first-order chi connectivity index (χ1) is 13.7. The molecule has 150 valence electrons. The first-order valence-electron chi connectivity index (χ1n) is 9.16. The van der Waals surface area contributed by atoms with E-state index in [9.17, 15) is 4.79 Å². The molecule has 0 fully saturated rings. The molecule has 2 aromatic carbocycles. The number of ether oxygens (including phenoxy) is 6. The summed E-state index contributed by atoms with van der Waals surface area (Å²) in [6.45, 7) is 3.21. The van der Waals surface area contributed by atoms with E-state index in [4.69, 9.17) is 28.4 Å².